The Morgan fingerprint density at radius 1 is 1.45 bits per heavy atom. The Kier molecular flexibility index (Phi) is 4.50. The van der Waals surface area contributed by atoms with E-state index in [0.717, 1.165) is 25.1 Å². The van der Waals surface area contributed by atoms with Gasteiger partial charge in [-0.15, -0.1) is 0 Å². The maximum Gasteiger partial charge on any atom is 0.179 e. The van der Waals surface area contributed by atoms with Crippen molar-refractivity contribution in [2.75, 3.05) is 13.2 Å². The molecule has 0 aliphatic carbocycles. The molecule has 1 fully saturated rings. The molecule has 1 aromatic carbocycles. The minimum Gasteiger partial charge on any atom is -0.395 e. The van der Waals surface area contributed by atoms with Crippen molar-refractivity contribution < 1.29 is 18.7 Å². The van der Waals surface area contributed by atoms with Crippen LogP contribution < -0.4 is 0 Å². The third kappa shape index (κ3) is 2.74. The number of ketones is 1. The Labute approximate surface area is 117 Å². The molecule has 20 heavy (non-hydrogen) atoms. The van der Waals surface area contributed by atoms with E-state index in [1.54, 1.807) is 6.92 Å². The Hall–Kier alpha value is -1.33. The van der Waals surface area contributed by atoms with E-state index >= 15 is 0 Å². The Bertz CT molecular complexity index is 507. The van der Waals surface area contributed by atoms with Crippen molar-refractivity contribution in [1.29, 1.82) is 0 Å². The molecule has 1 heterocycles. The minimum atomic E-state index is -1.02. The van der Waals surface area contributed by atoms with Gasteiger partial charge >= 0.3 is 0 Å². The highest BCUT2D eigenvalue weighted by molar-refractivity contribution is 5.99. The van der Waals surface area contributed by atoms with Gasteiger partial charge in [0.2, 0.25) is 0 Å². The number of nitrogens with zero attached hydrogens (tertiary/aromatic N) is 1. The van der Waals surface area contributed by atoms with E-state index in [4.69, 9.17) is 0 Å². The highest BCUT2D eigenvalue weighted by Gasteiger charge is 2.36. The normalized spacial score (nSPS) is 24.9. The average Bonchev–Trinajstić information content (AvgIpc) is 2.81. The number of carbonyl (C=O) groups excluding carboxylic acids is 1. The lowest BCUT2D eigenvalue weighted by Gasteiger charge is -2.30. The number of aliphatic hydroxyl groups excluding tert-OH is 1. The van der Waals surface area contributed by atoms with Crippen molar-refractivity contribution in [2.24, 2.45) is 5.92 Å². The van der Waals surface area contributed by atoms with Crippen LogP contribution in [0.25, 0.3) is 0 Å². The van der Waals surface area contributed by atoms with Crippen LogP contribution in [0.15, 0.2) is 18.2 Å². The lowest BCUT2D eigenvalue weighted by molar-refractivity contribution is 0.0720. The quantitative estimate of drug-likeness (QED) is 0.862. The molecule has 0 aromatic heterocycles. The van der Waals surface area contributed by atoms with Crippen molar-refractivity contribution in [3.63, 3.8) is 0 Å². The van der Waals surface area contributed by atoms with Gasteiger partial charge < -0.3 is 5.11 Å². The fourth-order valence-electron chi connectivity index (χ4n) is 2.84. The first-order chi connectivity index (χ1) is 9.45. The first-order valence-corrected chi connectivity index (χ1v) is 6.81. The maximum atomic E-state index is 13.2. The largest absolute Gasteiger partial charge is 0.395 e. The molecule has 3 nitrogen and oxygen atoms in total. The molecule has 3 unspecified atom stereocenters. The van der Waals surface area contributed by atoms with Gasteiger partial charge in [-0.05, 0) is 44.0 Å². The summed E-state index contributed by atoms with van der Waals surface area (Å²) in [5, 5.41) is 9.43. The van der Waals surface area contributed by atoms with Gasteiger partial charge in [-0.2, -0.15) is 0 Å². The zero-order valence-corrected chi connectivity index (χ0v) is 11.6. The fraction of sp³-hybridized carbons (Fsp3) is 0.533. The molecular weight excluding hydrogens is 264 g/mol. The van der Waals surface area contributed by atoms with Gasteiger partial charge in [0.1, 0.15) is 0 Å². The van der Waals surface area contributed by atoms with Gasteiger partial charge in [-0.25, -0.2) is 8.78 Å². The van der Waals surface area contributed by atoms with Crippen LogP contribution in [0.4, 0.5) is 8.78 Å². The van der Waals surface area contributed by atoms with Gasteiger partial charge in [-0.3, -0.25) is 9.69 Å². The van der Waals surface area contributed by atoms with Gasteiger partial charge in [-0.1, -0.05) is 6.92 Å². The van der Waals surface area contributed by atoms with E-state index in [9.17, 15) is 18.7 Å². The Balaban J connectivity index is 2.18. The van der Waals surface area contributed by atoms with Crippen LogP contribution in [0.2, 0.25) is 0 Å². The monoisotopic (exact) mass is 283 g/mol. The molecule has 1 N–H and O–H groups in total. The topological polar surface area (TPSA) is 40.5 Å². The number of likely N-dealkylation sites (tertiary alicyclic amines) is 1. The summed E-state index contributed by atoms with van der Waals surface area (Å²) >= 11 is 0. The second-order valence-electron chi connectivity index (χ2n) is 5.42. The summed E-state index contributed by atoms with van der Waals surface area (Å²) in [7, 11) is 0. The predicted octanol–water partition coefficient (Wildman–Crippen LogP) is 2.24. The molecule has 1 saturated heterocycles. The zero-order valence-electron chi connectivity index (χ0n) is 11.6. The van der Waals surface area contributed by atoms with Crippen LogP contribution in [-0.2, 0) is 0 Å². The number of halogens is 2. The number of aliphatic hydroxyl groups is 1. The third-order valence-electron chi connectivity index (χ3n) is 4.19. The van der Waals surface area contributed by atoms with E-state index in [1.165, 1.54) is 6.07 Å². The van der Waals surface area contributed by atoms with Crippen LogP contribution in [0.5, 0.6) is 0 Å². The SMILES string of the molecule is CC1CCN(C(C)C(=O)c2ccc(F)c(F)c2)C1CO. The van der Waals surface area contributed by atoms with Crippen LogP contribution in [-0.4, -0.2) is 41.0 Å². The number of carbonyl (C=O) groups is 1. The molecule has 1 aliphatic heterocycles. The van der Waals surface area contributed by atoms with Gasteiger partial charge in [0.15, 0.2) is 17.4 Å². The molecule has 3 atom stereocenters. The molecule has 0 saturated carbocycles. The number of hydrogen-bond acceptors (Lipinski definition) is 3. The molecular formula is C15H19F2NO2. The van der Waals surface area contributed by atoms with Crippen molar-refractivity contribution in [1.82, 2.24) is 4.90 Å². The first kappa shape index (κ1) is 15.1. The van der Waals surface area contributed by atoms with Crippen molar-refractivity contribution in [2.45, 2.75) is 32.4 Å². The predicted molar refractivity (Wildman–Crippen MR) is 71.5 cm³/mol. The molecule has 0 radical (unpaired) electrons. The minimum absolute atomic E-state index is 0.00341. The van der Waals surface area contributed by atoms with Gasteiger partial charge in [0.05, 0.1) is 12.6 Å². The summed E-state index contributed by atoms with van der Waals surface area (Å²) in [6.45, 7) is 4.50. The Morgan fingerprint density at radius 2 is 2.15 bits per heavy atom. The van der Waals surface area contributed by atoms with Gasteiger partial charge in [0.25, 0.3) is 0 Å². The summed E-state index contributed by atoms with van der Waals surface area (Å²) in [6, 6.07) is 2.68. The molecule has 110 valence electrons. The summed E-state index contributed by atoms with van der Waals surface area (Å²) in [5.74, 6) is -1.91. The summed E-state index contributed by atoms with van der Waals surface area (Å²) in [4.78, 5) is 14.3. The third-order valence-corrected chi connectivity index (χ3v) is 4.19. The molecule has 0 bridgehead atoms. The molecule has 1 aliphatic rings. The summed E-state index contributed by atoms with van der Waals surface area (Å²) < 4.78 is 26.1. The van der Waals surface area contributed by atoms with Crippen LogP contribution in [0, 0.1) is 17.6 Å². The fourth-order valence-corrected chi connectivity index (χ4v) is 2.84. The average molecular weight is 283 g/mol. The second-order valence-corrected chi connectivity index (χ2v) is 5.42. The smallest absolute Gasteiger partial charge is 0.179 e. The maximum absolute atomic E-state index is 13.2. The molecule has 0 amide bonds. The summed E-state index contributed by atoms with van der Waals surface area (Å²) in [5.41, 5.74) is 0.160. The molecule has 5 heteroatoms. The van der Waals surface area contributed by atoms with Crippen LogP contribution >= 0.6 is 0 Å². The lowest BCUT2D eigenvalue weighted by atomic mass is 10.0. The first-order valence-electron chi connectivity index (χ1n) is 6.81. The summed E-state index contributed by atoms with van der Waals surface area (Å²) in [6.07, 6.45) is 0.917. The zero-order chi connectivity index (χ0) is 14.9. The number of benzene rings is 1. The van der Waals surface area contributed by atoms with E-state index in [-0.39, 0.29) is 24.0 Å². The molecule has 1 aromatic rings. The van der Waals surface area contributed by atoms with Gasteiger partial charge in [0, 0.05) is 11.6 Å². The second kappa shape index (κ2) is 5.97. The van der Waals surface area contributed by atoms with Crippen molar-refractivity contribution in [3.05, 3.63) is 35.4 Å². The highest BCUT2D eigenvalue weighted by atomic mass is 19.2. The standard InChI is InChI=1S/C15H19F2NO2/c1-9-5-6-18(14(9)8-19)10(2)15(20)11-3-4-12(16)13(17)7-11/h3-4,7,9-10,14,19H,5-6,8H2,1-2H3. The highest BCUT2D eigenvalue weighted by Crippen LogP contribution is 2.27. The number of Topliss-reactive ketones (excluding diaryl/α,β-unsaturated/α-hetero) is 1. The number of hydrogen-bond donors (Lipinski definition) is 1. The molecule has 2 rings (SSSR count). The van der Waals surface area contributed by atoms with E-state index < -0.39 is 17.7 Å². The Morgan fingerprint density at radius 3 is 2.75 bits per heavy atom. The van der Waals surface area contributed by atoms with Crippen LogP contribution in [0.1, 0.15) is 30.6 Å². The van der Waals surface area contributed by atoms with E-state index in [1.807, 2.05) is 11.8 Å². The number of rotatable bonds is 4. The molecule has 0 spiro atoms. The van der Waals surface area contributed by atoms with Crippen LogP contribution in [0.3, 0.4) is 0 Å². The lowest BCUT2D eigenvalue weighted by Crippen LogP contribution is -2.45. The van der Waals surface area contributed by atoms with Crippen molar-refractivity contribution >= 4 is 5.78 Å². The van der Waals surface area contributed by atoms with Crippen molar-refractivity contribution in [3.8, 4) is 0 Å². The van der Waals surface area contributed by atoms with E-state index in [0.29, 0.717) is 5.92 Å². The van der Waals surface area contributed by atoms with E-state index in [2.05, 4.69) is 0 Å².